The van der Waals surface area contributed by atoms with E-state index in [4.69, 9.17) is 8.83 Å². The second-order valence-electron chi connectivity index (χ2n) is 4.15. The molecule has 0 saturated carbocycles. The molecule has 20 heavy (non-hydrogen) atoms. The third kappa shape index (κ3) is 2.44. The lowest BCUT2D eigenvalue weighted by atomic mass is 10.2. The molecule has 0 radical (unpaired) electrons. The fraction of sp³-hybridized carbons (Fsp3) is 0.0714. The molecule has 1 aromatic carbocycles. The Morgan fingerprint density at radius 2 is 1.85 bits per heavy atom. The normalized spacial score (nSPS) is 10.4. The molecule has 0 aliphatic heterocycles. The average molecular weight is 269 g/mol. The van der Waals surface area contributed by atoms with Crippen LogP contribution < -0.4 is 5.32 Å². The third-order valence-electron chi connectivity index (χ3n) is 2.61. The van der Waals surface area contributed by atoms with Gasteiger partial charge in [-0.25, -0.2) is 0 Å². The SMILES string of the molecule is CC(=O)Nc1ccc(-c2nnc(-c3ccco3)o2)cc1. The fourth-order valence-corrected chi connectivity index (χ4v) is 1.74. The molecule has 0 unspecified atom stereocenters. The summed E-state index contributed by atoms with van der Waals surface area (Å²) in [5, 5.41) is 10.6. The largest absolute Gasteiger partial charge is 0.459 e. The maximum Gasteiger partial charge on any atom is 0.283 e. The van der Waals surface area contributed by atoms with Crippen molar-refractivity contribution < 1.29 is 13.6 Å². The summed E-state index contributed by atoms with van der Waals surface area (Å²) in [6.45, 7) is 1.46. The van der Waals surface area contributed by atoms with Crippen molar-refractivity contribution in [2.45, 2.75) is 6.92 Å². The smallest absolute Gasteiger partial charge is 0.283 e. The fourth-order valence-electron chi connectivity index (χ4n) is 1.74. The van der Waals surface area contributed by atoms with E-state index in [0.717, 1.165) is 5.56 Å². The van der Waals surface area contributed by atoms with Crippen LogP contribution in [0.25, 0.3) is 23.1 Å². The van der Waals surface area contributed by atoms with E-state index in [1.165, 1.54) is 6.92 Å². The van der Waals surface area contributed by atoms with Gasteiger partial charge in [-0.3, -0.25) is 4.79 Å². The van der Waals surface area contributed by atoms with Gasteiger partial charge in [-0.15, -0.1) is 10.2 Å². The van der Waals surface area contributed by atoms with E-state index in [1.807, 2.05) is 0 Å². The Labute approximate surface area is 114 Å². The topological polar surface area (TPSA) is 81.2 Å². The lowest BCUT2D eigenvalue weighted by Crippen LogP contribution is -2.05. The summed E-state index contributed by atoms with van der Waals surface area (Å²) in [7, 11) is 0. The summed E-state index contributed by atoms with van der Waals surface area (Å²) in [5.74, 6) is 1.14. The lowest BCUT2D eigenvalue weighted by Gasteiger charge is -2.01. The van der Waals surface area contributed by atoms with Crippen LogP contribution in [0.5, 0.6) is 0 Å². The van der Waals surface area contributed by atoms with E-state index in [9.17, 15) is 4.79 Å². The van der Waals surface area contributed by atoms with Crippen LogP contribution in [-0.2, 0) is 4.79 Å². The van der Waals surface area contributed by atoms with Gasteiger partial charge in [0, 0.05) is 18.2 Å². The molecule has 1 N–H and O–H groups in total. The minimum absolute atomic E-state index is 0.115. The highest BCUT2D eigenvalue weighted by molar-refractivity contribution is 5.88. The second-order valence-corrected chi connectivity index (χ2v) is 4.15. The van der Waals surface area contributed by atoms with E-state index in [2.05, 4.69) is 15.5 Å². The number of aromatic nitrogens is 2. The summed E-state index contributed by atoms with van der Waals surface area (Å²) < 4.78 is 10.7. The molecule has 0 spiro atoms. The second kappa shape index (κ2) is 5.00. The number of nitrogens with zero attached hydrogens (tertiary/aromatic N) is 2. The van der Waals surface area contributed by atoms with Crippen molar-refractivity contribution in [3.05, 3.63) is 42.7 Å². The van der Waals surface area contributed by atoms with E-state index < -0.39 is 0 Å². The van der Waals surface area contributed by atoms with Gasteiger partial charge in [-0.2, -0.15) is 0 Å². The minimum Gasteiger partial charge on any atom is -0.459 e. The minimum atomic E-state index is -0.115. The molecule has 100 valence electrons. The highest BCUT2D eigenvalue weighted by Gasteiger charge is 2.12. The van der Waals surface area contributed by atoms with Crippen molar-refractivity contribution in [2.24, 2.45) is 0 Å². The molecule has 0 fully saturated rings. The van der Waals surface area contributed by atoms with Crippen molar-refractivity contribution in [3.8, 4) is 23.1 Å². The first kappa shape index (κ1) is 12.2. The monoisotopic (exact) mass is 269 g/mol. The molecular formula is C14H11N3O3. The summed E-state index contributed by atoms with van der Waals surface area (Å²) in [6, 6.07) is 10.6. The number of rotatable bonds is 3. The molecule has 0 atom stereocenters. The average Bonchev–Trinajstić information content (AvgIpc) is 3.10. The Bertz CT molecular complexity index is 714. The van der Waals surface area contributed by atoms with E-state index in [1.54, 1.807) is 42.7 Å². The van der Waals surface area contributed by atoms with E-state index in [0.29, 0.717) is 23.2 Å². The maximum atomic E-state index is 10.9. The van der Waals surface area contributed by atoms with Crippen molar-refractivity contribution in [1.82, 2.24) is 10.2 Å². The van der Waals surface area contributed by atoms with Crippen molar-refractivity contribution in [2.75, 3.05) is 5.32 Å². The number of benzene rings is 1. The number of carbonyl (C=O) groups excluding carboxylic acids is 1. The van der Waals surface area contributed by atoms with Gasteiger partial charge in [0.15, 0.2) is 5.76 Å². The number of anilines is 1. The van der Waals surface area contributed by atoms with Crippen molar-refractivity contribution in [3.63, 3.8) is 0 Å². The number of hydrogen-bond acceptors (Lipinski definition) is 5. The number of carbonyl (C=O) groups is 1. The number of furan rings is 1. The lowest BCUT2D eigenvalue weighted by molar-refractivity contribution is -0.114. The summed E-state index contributed by atoms with van der Waals surface area (Å²) >= 11 is 0. The first-order valence-corrected chi connectivity index (χ1v) is 5.98. The highest BCUT2D eigenvalue weighted by atomic mass is 16.4. The quantitative estimate of drug-likeness (QED) is 0.790. The first-order valence-electron chi connectivity index (χ1n) is 5.98. The summed E-state index contributed by atoms with van der Waals surface area (Å²) in [5.41, 5.74) is 1.48. The maximum absolute atomic E-state index is 10.9. The van der Waals surface area contributed by atoms with Crippen LogP contribution in [0.3, 0.4) is 0 Å². The number of nitrogens with one attached hydrogen (secondary N) is 1. The standard InChI is InChI=1S/C14H11N3O3/c1-9(18)15-11-6-4-10(5-7-11)13-16-17-14(20-13)12-3-2-8-19-12/h2-8H,1H3,(H,15,18). The predicted molar refractivity (Wildman–Crippen MR) is 71.7 cm³/mol. The Kier molecular flexibility index (Phi) is 3.04. The molecule has 3 aromatic rings. The van der Waals surface area contributed by atoms with Crippen LogP contribution in [0.15, 0.2) is 51.5 Å². The van der Waals surface area contributed by atoms with Gasteiger partial charge >= 0.3 is 0 Å². The third-order valence-corrected chi connectivity index (χ3v) is 2.61. The Hall–Kier alpha value is -2.89. The molecule has 0 bridgehead atoms. The summed E-state index contributed by atoms with van der Waals surface area (Å²) in [6.07, 6.45) is 1.54. The zero-order chi connectivity index (χ0) is 13.9. The predicted octanol–water partition coefficient (Wildman–Crippen LogP) is 2.96. The van der Waals surface area contributed by atoms with E-state index in [-0.39, 0.29) is 5.91 Å². The molecule has 0 saturated heterocycles. The van der Waals surface area contributed by atoms with Gasteiger partial charge < -0.3 is 14.2 Å². The molecule has 1 amide bonds. The summed E-state index contributed by atoms with van der Waals surface area (Å²) in [4.78, 5) is 10.9. The van der Waals surface area contributed by atoms with Gasteiger partial charge in [0.2, 0.25) is 11.8 Å². The highest BCUT2D eigenvalue weighted by Crippen LogP contribution is 2.24. The van der Waals surface area contributed by atoms with Gasteiger partial charge in [0.05, 0.1) is 6.26 Å². The van der Waals surface area contributed by atoms with E-state index >= 15 is 0 Å². The van der Waals surface area contributed by atoms with Crippen LogP contribution in [0.1, 0.15) is 6.92 Å². The first-order chi connectivity index (χ1) is 9.72. The van der Waals surface area contributed by atoms with Crippen molar-refractivity contribution in [1.29, 1.82) is 0 Å². The number of hydrogen-bond donors (Lipinski definition) is 1. The van der Waals surface area contributed by atoms with Crippen LogP contribution in [0.2, 0.25) is 0 Å². The molecule has 0 aliphatic carbocycles. The van der Waals surface area contributed by atoms with Gasteiger partial charge in [0.1, 0.15) is 0 Å². The molecule has 6 nitrogen and oxygen atoms in total. The van der Waals surface area contributed by atoms with Gasteiger partial charge in [-0.05, 0) is 36.4 Å². The Balaban J connectivity index is 1.84. The molecule has 2 heterocycles. The zero-order valence-electron chi connectivity index (χ0n) is 10.7. The van der Waals surface area contributed by atoms with Gasteiger partial charge in [0.25, 0.3) is 5.89 Å². The van der Waals surface area contributed by atoms with Gasteiger partial charge in [-0.1, -0.05) is 0 Å². The molecule has 2 aromatic heterocycles. The molecule has 3 rings (SSSR count). The van der Waals surface area contributed by atoms with Crippen molar-refractivity contribution >= 4 is 11.6 Å². The Morgan fingerprint density at radius 1 is 1.10 bits per heavy atom. The molecular weight excluding hydrogens is 258 g/mol. The Morgan fingerprint density at radius 3 is 2.50 bits per heavy atom. The van der Waals surface area contributed by atoms with Crippen LogP contribution in [0, 0.1) is 0 Å². The molecule has 6 heteroatoms. The molecule has 0 aliphatic rings. The zero-order valence-corrected chi connectivity index (χ0v) is 10.7. The van der Waals surface area contributed by atoms with Crippen LogP contribution >= 0.6 is 0 Å². The van der Waals surface area contributed by atoms with Crippen LogP contribution in [0.4, 0.5) is 5.69 Å². The van der Waals surface area contributed by atoms with Crippen LogP contribution in [-0.4, -0.2) is 16.1 Å². The number of amides is 1.